The highest BCUT2D eigenvalue weighted by molar-refractivity contribution is 7.09. The zero-order valence-electron chi connectivity index (χ0n) is 12.3. The van der Waals surface area contributed by atoms with Gasteiger partial charge >= 0.3 is 5.97 Å². The highest BCUT2D eigenvalue weighted by atomic mass is 32.1. The summed E-state index contributed by atoms with van der Waals surface area (Å²) >= 11 is 1.41. The van der Waals surface area contributed by atoms with Crippen LogP contribution in [0.4, 0.5) is 5.13 Å². The molecule has 1 heterocycles. The Balaban J connectivity index is 1.47. The Morgan fingerprint density at radius 2 is 2.24 bits per heavy atom. The lowest BCUT2D eigenvalue weighted by atomic mass is 9.85. The van der Waals surface area contributed by atoms with E-state index in [-0.39, 0.29) is 6.54 Å². The molecule has 21 heavy (non-hydrogen) atoms. The van der Waals surface area contributed by atoms with Gasteiger partial charge in [0.25, 0.3) is 0 Å². The maximum absolute atomic E-state index is 11.0. The molecule has 0 unspecified atom stereocenters. The molecule has 116 valence electrons. The Bertz CT molecular complexity index is 497. The molecule has 2 fully saturated rings. The zero-order chi connectivity index (χ0) is 14.8. The first kappa shape index (κ1) is 14.7. The predicted octanol–water partition coefficient (Wildman–Crippen LogP) is 1.84. The number of rotatable bonds is 8. The van der Waals surface area contributed by atoms with Gasteiger partial charge in [0.15, 0.2) is 0 Å². The summed E-state index contributed by atoms with van der Waals surface area (Å²) in [6.07, 6.45) is 5.38. The van der Waals surface area contributed by atoms with Crippen molar-refractivity contribution in [3.8, 4) is 0 Å². The molecular formula is C14H22N4O2S. The molecule has 2 aliphatic rings. The number of aliphatic carboxylic acids is 1. The van der Waals surface area contributed by atoms with E-state index in [1.807, 2.05) is 6.92 Å². The van der Waals surface area contributed by atoms with Crippen LogP contribution < -0.4 is 5.32 Å². The summed E-state index contributed by atoms with van der Waals surface area (Å²) in [5, 5.41) is 13.3. The van der Waals surface area contributed by atoms with Crippen LogP contribution in [0.3, 0.4) is 0 Å². The van der Waals surface area contributed by atoms with Crippen LogP contribution in [0.25, 0.3) is 0 Å². The van der Waals surface area contributed by atoms with Crippen molar-refractivity contribution in [1.82, 2.24) is 14.3 Å². The van der Waals surface area contributed by atoms with Crippen molar-refractivity contribution in [2.24, 2.45) is 5.92 Å². The highest BCUT2D eigenvalue weighted by Gasteiger charge is 2.37. The molecule has 0 spiro atoms. The molecule has 2 N–H and O–H groups in total. The van der Waals surface area contributed by atoms with E-state index in [1.54, 1.807) is 0 Å². The molecule has 1 aromatic rings. The predicted molar refractivity (Wildman–Crippen MR) is 81.7 cm³/mol. The number of hydrogen-bond acceptors (Lipinski definition) is 6. The van der Waals surface area contributed by atoms with Crippen LogP contribution in [-0.2, 0) is 11.2 Å². The minimum absolute atomic E-state index is 0.173. The van der Waals surface area contributed by atoms with Crippen LogP contribution in [-0.4, -0.2) is 50.5 Å². The van der Waals surface area contributed by atoms with E-state index in [1.165, 1.54) is 24.4 Å². The lowest BCUT2D eigenvalue weighted by molar-refractivity contribution is -0.139. The summed E-state index contributed by atoms with van der Waals surface area (Å²) in [7, 11) is 0. The van der Waals surface area contributed by atoms with Crippen molar-refractivity contribution >= 4 is 22.6 Å². The van der Waals surface area contributed by atoms with E-state index in [0.29, 0.717) is 12.1 Å². The quantitative estimate of drug-likeness (QED) is 0.763. The third-order valence-electron chi connectivity index (χ3n) is 4.27. The van der Waals surface area contributed by atoms with Crippen LogP contribution in [0.5, 0.6) is 0 Å². The fourth-order valence-electron chi connectivity index (χ4n) is 2.78. The van der Waals surface area contributed by atoms with E-state index < -0.39 is 5.97 Å². The number of carboxylic acid groups (broad SMARTS) is 1. The number of aryl methyl sites for hydroxylation is 1. The molecule has 0 bridgehead atoms. The molecular weight excluding hydrogens is 288 g/mol. The number of anilines is 1. The Morgan fingerprint density at radius 3 is 2.81 bits per heavy atom. The summed E-state index contributed by atoms with van der Waals surface area (Å²) in [5.74, 6) is 0.898. The minimum atomic E-state index is -0.719. The van der Waals surface area contributed by atoms with Gasteiger partial charge in [0.1, 0.15) is 5.82 Å². The second kappa shape index (κ2) is 6.27. The van der Waals surface area contributed by atoms with Crippen molar-refractivity contribution in [3.05, 3.63) is 5.82 Å². The molecule has 1 aromatic heterocycles. The van der Waals surface area contributed by atoms with Crippen LogP contribution in [0.1, 0.15) is 38.4 Å². The summed E-state index contributed by atoms with van der Waals surface area (Å²) in [6, 6.07) is 0.806. The second-order valence-corrected chi connectivity index (χ2v) is 6.85. The number of aromatic nitrogens is 2. The summed E-state index contributed by atoms with van der Waals surface area (Å²) in [6.45, 7) is 3.17. The first-order valence-corrected chi connectivity index (χ1v) is 8.46. The average molecular weight is 310 g/mol. The number of nitrogens with zero attached hydrogens (tertiary/aromatic N) is 3. The Hall–Kier alpha value is -1.21. The number of nitrogens with one attached hydrogen (secondary N) is 1. The molecule has 2 saturated carbocycles. The van der Waals surface area contributed by atoms with Crippen LogP contribution in [0.15, 0.2) is 0 Å². The van der Waals surface area contributed by atoms with Gasteiger partial charge in [-0.1, -0.05) is 6.92 Å². The lowest BCUT2D eigenvalue weighted by Gasteiger charge is -2.42. The molecule has 0 saturated heterocycles. The monoisotopic (exact) mass is 310 g/mol. The SMILES string of the molecule is CCc1nsc(NC2CC(N(CC(=O)O)CC3CC3)C2)n1. The van der Waals surface area contributed by atoms with Crippen molar-refractivity contribution in [3.63, 3.8) is 0 Å². The van der Waals surface area contributed by atoms with E-state index >= 15 is 0 Å². The summed E-state index contributed by atoms with van der Waals surface area (Å²) in [5.41, 5.74) is 0. The van der Waals surface area contributed by atoms with Gasteiger partial charge in [-0.05, 0) is 31.6 Å². The maximum Gasteiger partial charge on any atom is 0.317 e. The molecule has 0 amide bonds. The van der Waals surface area contributed by atoms with Gasteiger partial charge in [0, 0.05) is 36.6 Å². The average Bonchev–Trinajstić information content (AvgIpc) is 3.08. The zero-order valence-corrected chi connectivity index (χ0v) is 13.1. The van der Waals surface area contributed by atoms with Gasteiger partial charge in [-0.15, -0.1) is 0 Å². The van der Waals surface area contributed by atoms with Crippen LogP contribution >= 0.6 is 11.5 Å². The topological polar surface area (TPSA) is 78.4 Å². The summed E-state index contributed by atoms with van der Waals surface area (Å²) < 4.78 is 4.27. The standard InChI is InChI=1S/C14H22N4O2S/c1-2-12-16-14(21-17-12)15-10-5-11(6-10)18(8-13(19)20)7-9-3-4-9/h9-11H,2-8H2,1H3,(H,19,20)(H,15,16,17). The molecule has 3 rings (SSSR count). The molecule has 0 atom stereocenters. The third kappa shape index (κ3) is 3.91. The molecule has 0 aromatic carbocycles. The number of hydrogen-bond donors (Lipinski definition) is 2. The smallest absolute Gasteiger partial charge is 0.317 e. The minimum Gasteiger partial charge on any atom is -0.480 e. The normalized spacial score (nSPS) is 24.9. The van der Waals surface area contributed by atoms with Gasteiger partial charge in [0.05, 0.1) is 6.54 Å². The molecule has 7 heteroatoms. The molecule has 0 radical (unpaired) electrons. The fraction of sp³-hybridized carbons (Fsp3) is 0.786. The first-order chi connectivity index (χ1) is 10.1. The molecule has 6 nitrogen and oxygen atoms in total. The van der Waals surface area contributed by atoms with E-state index in [4.69, 9.17) is 5.11 Å². The fourth-order valence-corrected chi connectivity index (χ4v) is 3.51. The van der Waals surface area contributed by atoms with E-state index in [2.05, 4.69) is 19.6 Å². The lowest BCUT2D eigenvalue weighted by Crippen LogP contribution is -2.52. The second-order valence-electron chi connectivity index (χ2n) is 6.10. The van der Waals surface area contributed by atoms with Crippen LogP contribution in [0.2, 0.25) is 0 Å². The highest BCUT2D eigenvalue weighted by Crippen LogP contribution is 2.34. The van der Waals surface area contributed by atoms with Crippen molar-refractivity contribution in [2.75, 3.05) is 18.4 Å². The van der Waals surface area contributed by atoms with Crippen molar-refractivity contribution in [1.29, 1.82) is 0 Å². The van der Waals surface area contributed by atoms with Crippen molar-refractivity contribution < 1.29 is 9.90 Å². The molecule has 0 aliphatic heterocycles. The summed E-state index contributed by atoms with van der Waals surface area (Å²) in [4.78, 5) is 17.6. The maximum atomic E-state index is 11.0. The van der Waals surface area contributed by atoms with Gasteiger partial charge in [-0.3, -0.25) is 9.69 Å². The van der Waals surface area contributed by atoms with Gasteiger partial charge in [-0.25, -0.2) is 4.98 Å². The van der Waals surface area contributed by atoms with E-state index in [9.17, 15) is 4.79 Å². The third-order valence-corrected chi connectivity index (χ3v) is 4.95. The largest absolute Gasteiger partial charge is 0.480 e. The van der Waals surface area contributed by atoms with Gasteiger partial charge in [-0.2, -0.15) is 4.37 Å². The number of carboxylic acids is 1. The first-order valence-electron chi connectivity index (χ1n) is 7.69. The Kier molecular flexibility index (Phi) is 4.40. The van der Waals surface area contributed by atoms with Gasteiger partial charge in [0.2, 0.25) is 5.13 Å². The van der Waals surface area contributed by atoms with Crippen LogP contribution in [0, 0.1) is 5.92 Å². The Labute approximate surface area is 128 Å². The number of carbonyl (C=O) groups is 1. The van der Waals surface area contributed by atoms with E-state index in [0.717, 1.165) is 42.7 Å². The van der Waals surface area contributed by atoms with Crippen molar-refractivity contribution in [2.45, 2.75) is 51.1 Å². The Morgan fingerprint density at radius 1 is 1.48 bits per heavy atom. The van der Waals surface area contributed by atoms with Gasteiger partial charge < -0.3 is 10.4 Å². The molecule has 2 aliphatic carbocycles.